The Hall–Kier alpha value is -1.72. The Morgan fingerprint density at radius 1 is 1.47 bits per heavy atom. The second-order valence-electron chi connectivity index (χ2n) is 3.95. The molecule has 0 aliphatic rings. The summed E-state index contributed by atoms with van der Waals surface area (Å²) >= 11 is 0. The van der Waals surface area contributed by atoms with Gasteiger partial charge in [-0.3, -0.25) is 4.98 Å². The summed E-state index contributed by atoms with van der Waals surface area (Å²) in [6.45, 7) is 1.93. The Balaban J connectivity index is 2.32. The zero-order valence-electron chi connectivity index (χ0n) is 9.69. The molecule has 2 aromatic rings. The van der Waals surface area contributed by atoms with E-state index in [9.17, 15) is 0 Å². The highest BCUT2D eigenvalue weighted by atomic mass is 16.3. The minimum atomic E-state index is -0.413. The molecule has 90 valence electrons. The molecule has 17 heavy (non-hydrogen) atoms. The molecule has 0 aliphatic carbocycles. The van der Waals surface area contributed by atoms with Crippen molar-refractivity contribution in [1.82, 2.24) is 14.5 Å². The summed E-state index contributed by atoms with van der Waals surface area (Å²) in [6.07, 6.45) is 5.15. The van der Waals surface area contributed by atoms with Gasteiger partial charge in [0.2, 0.25) is 0 Å². The third-order valence-corrected chi connectivity index (χ3v) is 2.81. The molecule has 5 heteroatoms. The van der Waals surface area contributed by atoms with E-state index in [-0.39, 0.29) is 12.6 Å². The fourth-order valence-electron chi connectivity index (χ4n) is 1.78. The highest BCUT2D eigenvalue weighted by Gasteiger charge is 2.16. The molecule has 5 nitrogen and oxygen atoms in total. The fraction of sp³-hybridized carbons (Fsp3) is 0.333. The minimum Gasteiger partial charge on any atom is -0.394 e. The van der Waals surface area contributed by atoms with Crippen molar-refractivity contribution in [3.63, 3.8) is 0 Å². The van der Waals surface area contributed by atoms with Crippen LogP contribution in [0, 0.1) is 0 Å². The Labute approximate surface area is 99.9 Å². The average molecular weight is 232 g/mol. The highest BCUT2D eigenvalue weighted by Crippen LogP contribution is 2.20. The van der Waals surface area contributed by atoms with Crippen molar-refractivity contribution >= 4 is 0 Å². The van der Waals surface area contributed by atoms with Crippen molar-refractivity contribution in [2.75, 3.05) is 6.61 Å². The number of hydrogen-bond donors (Lipinski definition) is 2. The summed E-state index contributed by atoms with van der Waals surface area (Å²) in [5.74, 6) is 0. The molecule has 0 radical (unpaired) electrons. The van der Waals surface area contributed by atoms with Crippen molar-refractivity contribution in [3.8, 4) is 0 Å². The van der Waals surface area contributed by atoms with E-state index >= 15 is 0 Å². The van der Waals surface area contributed by atoms with E-state index < -0.39 is 6.04 Å². The van der Waals surface area contributed by atoms with Gasteiger partial charge in [-0.25, -0.2) is 4.98 Å². The van der Waals surface area contributed by atoms with Crippen LogP contribution in [-0.4, -0.2) is 26.2 Å². The average Bonchev–Trinajstić information content (AvgIpc) is 2.87. The molecule has 0 saturated heterocycles. The number of nitrogens with two attached hydrogens (primary N) is 1. The molecule has 0 bridgehead atoms. The molecule has 0 aliphatic heterocycles. The number of pyridine rings is 1. The van der Waals surface area contributed by atoms with Crippen LogP contribution in [0.2, 0.25) is 0 Å². The van der Waals surface area contributed by atoms with E-state index in [4.69, 9.17) is 10.8 Å². The number of aliphatic hydroxyl groups excluding tert-OH is 1. The van der Waals surface area contributed by atoms with Gasteiger partial charge in [0, 0.05) is 12.4 Å². The molecule has 2 heterocycles. The monoisotopic (exact) mass is 232 g/mol. The lowest BCUT2D eigenvalue weighted by Crippen LogP contribution is -2.21. The van der Waals surface area contributed by atoms with Crippen LogP contribution < -0.4 is 5.73 Å². The van der Waals surface area contributed by atoms with Gasteiger partial charge in [0.05, 0.1) is 36.4 Å². The van der Waals surface area contributed by atoms with Gasteiger partial charge in [0.25, 0.3) is 0 Å². The molecular formula is C12H16N4O. The Morgan fingerprint density at radius 3 is 2.94 bits per heavy atom. The summed E-state index contributed by atoms with van der Waals surface area (Å²) < 4.78 is 1.93. The third kappa shape index (κ3) is 2.35. The van der Waals surface area contributed by atoms with Gasteiger partial charge in [0.15, 0.2) is 0 Å². The normalized spacial score (nSPS) is 14.5. The standard InChI is InChI=1S/C12H16N4O/c1-9(11-4-2-3-5-15-11)16-8-14-6-12(16)10(13)7-17/h2-6,8-10,17H,7,13H2,1H3. The second-order valence-corrected chi connectivity index (χ2v) is 3.95. The summed E-state index contributed by atoms with van der Waals surface area (Å²) in [6, 6.07) is 5.42. The van der Waals surface area contributed by atoms with Gasteiger partial charge in [0.1, 0.15) is 0 Å². The van der Waals surface area contributed by atoms with Crippen molar-refractivity contribution in [2.45, 2.75) is 19.0 Å². The van der Waals surface area contributed by atoms with Crippen molar-refractivity contribution in [3.05, 3.63) is 48.3 Å². The molecular weight excluding hydrogens is 216 g/mol. The molecule has 0 amide bonds. The number of nitrogens with zero attached hydrogens (tertiary/aromatic N) is 3. The molecule has 2 rings (SSSR count). The van der Waals surface area contributed by atoms with Gasteiger partial charge >= 0.3 is 0 Å². The molecule has 0 aromatic carbocycles. The first-order valence-electron chi connectivity index (χ1n) is 5.53. The fourth-order valence-corrected chi connectivity index (χ4v) is 1.78. The lowest BCUT2D eigenvalue weighted by Gasteiger charge is -2.18. The smallest absolute Gasteiger partial charge is 0.0954 e. The number of hydrogen-bond acceptors (Lipinski definition) is 4. The first-order valence-corrected chi connectivity index (χ1v) is 5.53. The van der Waals surface area contributed by atoms with Gasteiger partial charge < -0.3 is 15.4 Å². The Bertz CT molecular complexity index is 468. The van der Waals surface area contributed by atoms with Crippen molar-refractivity contribution < 1.29 is 5.11 Å². The maximum absolute atomic E-state index is 9.10. The molecule has 0 fully saturated rings. The zero-order chi connectivity index (χ0) is 12.3. The van der Waals surface area contributed by atoms with Crippen molar-refractivity contribution in [2.24, 2.45) is 5.73 Å². The van der Waals surface area contributed by atoms with Crippen LogP contribution in [0.15, 0.2) is 36.9 Å². The lowest BCUT2D eigenvalue weighted by molar-refractivity contribution is 0.262. The molecule has 2 atom stereocenters. The molecule has 2 unspecified atom stereocenters. The third-order valence-electron chi connectivity index (χ3n) is 2.81. The van der Waals surface area contributed by atoms with Crippen LogP contribution in [-0.2, 0) is 0 Å². The zero-order valence-corrected chi connectivity index (χ0v) is 9.69. The van der Waals surface area contributed by atoms with E-state index in [0.29, 0.717) is 0 Å². The van der Waals surface area contributed by atoms with Crippen LogP contribution in [0.25, 0.3) is 0 Å². The van der Waals surface area contributed by atoms with Crippen LogP contribution in [0.3, 0.4) is 0 Å². The van der Waals surface area contributed by atoms with E-state index in [1.165, 1.54) is 0 Å². The highest BCUT2D eigenvalue weighted by molar-refractivity contribution is 5.14. The van der Waals surface area contributed by atoms with Gasteiger partial charge in [-0.2, -0.15) is 0 Å². The predicted octanol–water partition coefficient (Wildman–Crippen LogP) is 0.879. The van der Waals surface area contributed by atoms with E-state index in [1.807, 2.05) is 29.7 Å². The predicted molar refractivity (Wildman–Crippen MR) is 64.3 cm³/mol. The molecule has 0 spiro atoms. The molecule has 0 saturated carbocycles. The van der Waals surface area contributed by atoms with Crippen LogP contribution in [0.5, 0.6) is 0 Å². The Morgan fingerprint density at radius 2 is 2.29 bits per heavy atom. The quantitative estimate of drug-likeness (QED) is 0.820. The number of aliphatic hydroxyl groups is 1. The van der Waals surface area contributed by atoms with E-state index in [2.05, 4.69) is 9.97 Å². The van der Waals surface area contributed by atoms with Gasteiger partial charge in [-0.15, -0.1) is 0 Å². The van der Waals surface area contributed by atoms with E-state index in [1.54, 1.807) is 18.7 Å². The van der Waals surface area contributed by atoms with Crippen LogP contribution >= 0.6 is 0 Å². The minimum absolute atomic E-state index is 0.0475. The molecule has 2 aromatic heterocycles. The number of imidazole rings is 1. The molecule has 3 N–H and O–H groups in total. The first kappa shape index (κ1) is 11.8. The maximum atomic E-state index is 9.10. The van der Waals surface area contributed by atoms with Crippen molar-refractivity contribution in [1.29, 1.82) is 0 Å². The summed E-state index contributed by atoms with van der Waals surface area (Å²) in [5, 5.41) is 9.10. The summed E-state index contributed by atoms with van der Waals surface area (Å²) in [5.41, 5.74) is 7.58. The van der Waals surface area contributed by atoms with Crippen LogP contribution in [0.4, 0.5) is 0 Å². The summed E-state index contributed by atoms with van der Waals surface area (Å²) in [4.78, 5) is 8.39. The maximum Gasteiger partial charge on any atom is 0.0954 e. The summed E-state index contributed by atoms with van der Waals surface area (Å²) in [7, 11) is 0. The first-order chi connectivity index (χ1) is 8.24. The van der Waals surface area contributed by atoms with E-state index in [0.717, 1.165) is 11.4 Å². The largest absolute Gasteiger partial charge is 0.394 e. The van der Waals surface area contributed by atoms with Crippen LogP contribution in [0.1, 0.15) is 30.4 Å². The second kappa shape index (κ2) is 5.07. The lowest BCUT2D eigenvalue weighted by atomic mass is 10.2. The Kier molecular flexibility index (Phi) is 3.51. The van der Waals surface area contributed by atoms with Gasteiger partial charge in [-0.1, -0.05) is 6.07 Å². The van der Waals surface area contributed by atoms with Gasteiger partial charge in [-0.05, 0) is 19.1 Å². The SMILES string of the molecule is CC(c1ccccn1)n1cncc1C(N)CO. The number of rotatable bonds is 4. The number of aromatic nitrogens is 3. The topological polar surface area (TPSA) is 77.0 Å².